The molecule has 0 N–H and O–H groups in total. The fourth-order valence-corrected chi connectivity index (χ4v) is 0.966. The van der Waals surface area contributed by atoms with Crippen LogP contribution in [0.25, 0.3) is 0 Å². The van der Waals surface area contributed by atoms with Gasteiger partial charge in [-0.2, -0.15) is 11.8 Å². The minimum Gasteiger partial charge on any atom is -0.293 e. The molecule has 10 heavy (non-hydrogen) atoms. The van der Waals surface area contributed by atoms with Gasteiger partial charge in [-0.15, -0.1) is 0 Å². The van der Waals surface area contributed by atoms with E-state index >= 15 is 0 Å². The summed E-state index contributed by atoms with van der Waals surface area (Å²) < 4.78 is -0.300. The van der Waals surface area contributed by atoms with Gasteiger partial charge in [0, 0.05) is 0 Å². The second-order valence-electron chi connectivity index (χ2n) is 2.82. The standard InChI is InChI=1S/C8H14OS/c1-6(2)7(9)8(3,4)10-5/h1H2,2-5H3. The zero-order valence-electron chi connectivity index (χ0n) is 7.02. The molecular weight excluding hydrogens is 144 g/mol. The smallest absolute Gasteiger partial charge is 0.173 e. The predicted molar refractivity (Wildman–Crippen MR) is 47.4 cm³/mol. The van der Waals surface area contributed by atoms with Crippen molar-refractivity contribution >= 4 is 17.5 Å². The van der Waals surface area contributed by atoms with E-state index in [2.05, 4.69) is 6.58 Å². The van der Waals surface area contributed by atoms with E-state index in [0.29, 0.717) is 5.57 Å². The molecule has 0 aliphatic carbocycles. The zero-order chi connectivity index (χ0) is 8.36. The molecule has 0 saturated heterocycles. The molecule has 0 fully saturated rings. The molecule has 2 heteroatoms. The number of carbonyl (C=O) groups is 1. The van der Waals surface area contributed by atoms with Crippen LogP contribution in [-0.2, 0) is 4.79 Å². The first kappa shape index (κ1) is 9.76. The summed E-state index contributed by atoms with van der Waals surface area (Å²) >= 11 is 1.55. The number of allylic oxidation sites excluding steroid dienone is 1. The third-order valence-corrected chi connectivity index (χ3v) is 2.65. The summed E-state index contributed by atoms with van der Waals surface area (Å²) in [5.41, 5.74) is 0.638. The Labute approximate surface area is 66.9 Å². The van der Waals surface area contributed by atoms with Crippen LogP contribution in [0.2, 0.25) is 0 Å². The minimum atomic E-state index is -0.300. The quantitative estimate of drug-likeness (QED) is 0.586. The molecule has 0 bridgehead atoms. The van der Waals surface area contributed by atoms with Crippen molar-refractivity contribution in [1.82, 2.24) is 0 Å². The molecule has 0 aromatic carbocycles. The van der Waals surface area contributed by atoms with Crippen molar-refractivity contribution in [2.45, 2.75) is 25.5 Å². The van der Waals surface area contributed by atoms with Crippen molar-refractivity contribution in [2.75, 3.05) is 6.26 Å². The number of rotatable bonds is 3. The molecule has 0 heterocycles. The molecule has 0 atom stereocenters. The molecule has 1 nitrogen and oxygen atoms in total. The molecule has 0 rings (SSSR count). The third kappa shape index (κ3) is 2.18. The highest BCUT2D eigenvalue weighted by atomic mass is 32.2. The summed E-state index contributed by atoms with van der Waals surface area (Å²) in [6, 6.07) is 0. The van der Waals surface area contributed by atoms with Gasteiger partial charge in [-0.1, -0.05) is 6.58 Å². The highest BCUT2D eigenvalue weighted by Crippen LogP contribution is 2.24. The Morgan fingerprint density at radius 3 is 2.00 bits per heavy atom. The predicted octanol–water partition coefficient (Wildman–Crippen LogP) is 2.27. The number of hydrogen-bond acceptors (Lipinski definition) is 2. The van der Waals surface area contributed by atoms with Crippen LogP contribution < -0.4 is 0 Å². The van der Waals surface area contributed by atoms with Crippen molar-refractivity contribution < 1.29 is 4.79 Å². The van der Waals surface area contributed by atoms with Gasteiger partial charge in [-0.3, -0.25) is 4.79 Å². The van der Waals surface area contributed by atoms with Crippen LogP contribution in [0.1, 0.15) is 20.8 Å². The van der Waals surface area contributed by atoms with Crippen LogP contribution in [0.3, 0.4) is 0 Å². The normalized spacial score (nSPS) is 11.2. The van der Waals surface area contributed by atoms with Crippen molar-refractivity contribution in [3.05, 3.63) is 12.2 Å². The lowest BCUT2D eigenvalue weighted by Crippen LogP contribution is -2.27. The lowest BCUT2D eigenvalue weighted by Gasteiger charge is -2.19. The number of carbonyl (C=O) groups excluding carboxylic acids is 1. The molecule has 0 aromatic rings. The summed E-state index contributed by atoms with van der Waals surface area (Å²) in [5.74, 6) is 0.139. The first-order chi connectivity index (χ1) is 4.41. The van der Waals surface area contributed by atoms with E-state index < -0.39 is 0 Å². The third-order valence-electron chi connectivity index (χ3n) is 1.44. The SMILES string of the molecule is C=C(C)C(=O)C(C)(C)SC. The number of ketones is 1. The van der Waals surface area contributed by atoms with Crippen LogP contribution in [0, 0.1) is 0 Å². The Kier molecular flexibility index (Phi) is 3.16. The maximum absolute atomic E-state index is 11.3. The van der Waals surface area contributed by atoms with Gasteiger partial charge in [0.25, 0.3) is 0 Å². The monoisotopic (exact) mass is 158 g/mol. The van der Waals surface area contributed by atoms with Gasteiger partial charge in [-0.05, 0) is 32.6 Å². The lowest BCUT2D eigenvalue weighted by molar-refractivity contribution is -0.116. The molecule has 0 aliphatic heterocycles. The van der Waals surface area contributed by atoms with Gasteiger partial charge in [-0.25, -0.2) is 0 Å². The Balaban J connectivity index is 4.33. The summed E-state index contributed by atoms with van der Waals surface area (Å²) in [5, 5.41) is 0. The largest absolute Gasteiger partial charge is 0.293 e. The van der Waals surface area contributed by atoms with Gasteiger partial charge in [0.2, 0.25) is 0 Å². The van der Waals surface area contributed by atoms with E-state index in [1.54, 1.807) is 18.7 Å². The van der Waals surface area contributed by atoms with E-state index in [1.807, 2.05) is 20.1 Å². The Morgan fingerprint density at radius 1 is 1.50 bits per heavy atom. The fourth-order valence-electron chi connectivity index (χ4n) is 0.607. The molecule has 0 unspecified atom stereocenters. The number of thioether (sulfide) groups is 1. The van der Waals surface area contributed by atoms with Crippen LogP contribution in [0.4, 0.5) is 0 Å². The first-order valence-electron chi connectivity index (χ1n) is 3.17. The molecule has 0 spiro atoms. The second kappa shape index (κ2) is 3.24. The highest BCUT2D eigenvalue weighted by Gasteiger charge is 2.25. The fraction of sp³-hybridized carbons (Fsp3) is 0.625. The van der Waals surface area contributed by atoms with Crippen LogP contribution >= 0.6 is 11.8 Å². The number of hydrogen-bond donors (Lipinski definition) is 0. The second-order valence-corrected chi connectivity index (χ2v) is 4.25. The van der Waals surface area contributed by atoms with E-state index in [9.17, 15) is 4.79 Å². The van der Waals surface area contributed by atoms with E-state index in [1.165, 1.54) is 0 Å². The Hall–Kier alpha value is -0.240. The topological polar surface area (TPSA) is 17.1 Å². The Bertz CT molecular complexity index is 159. The summed E-state index contributed by atoms with van der Waals surface area (Å²) in [7, 11) is 0. The van der Waals surface area contributed by atoms with Gasteiger partial charge in [0.1, 0.15) is 0 Å². The van der Waals surface area contributed by atoms with Gasteiger partial charge in [0.05, 0.1) is 4.75 Å². The highest BCUT2D eigenvalue weighted by molar-refractivity contribution is 8.00. The molecule has 0 aromatic heterocycles. The Morgan fingerprint density at radius 2 is 1.90 bits per heavy atom. The summed E-state index contributed by atoms with van der Waals surface area (Å²) in [6.07, 6.45) is 1.93. The van der Waals surface area contributed by atoms with Crippen LogP contribution in [0.15, 0.2) is 12.2 Å². The van der Waals surface area contributed by atoms with Crippen LogP contribution in [0.5, 0.6) is 0 Å². The summed E-state index contributed by atoms with van der Waals surface area (Å²) in [6.45, 7) is 9.18. The van der Waals surface area contributed by atoms with Gasteiger partial charge in [0.15, 0.2) is 5.78 Å². The molecule has 58 valence electrons. The van der Waals surface area contributed by atoms with E-state index in [-0.39, 0.29) is 10.5 Å². The number of Topliss-reactive ketones (excluding diaryl/α,β-unsaturated/α-hetero) is 1. The molecule has 0 radical (unpaired) electrons. The average Bonchev–Trinajstić information content (AvgIpc) is 1.86. The molecule has 0 saturated carbocycles. The van der Waals surface area contributed by atoms with Crippen molar-refractivity contribution in [2.24, 2.45) is 0 Å². The van der Waals surface area contributed by atoms with Gasteiger partial charge >= 0.3 is 0 Å². The van der Waals surface area contributed by atoms with Crippen molar-refractivity contribution in [3.63, 3.8) is 0 Å². The minimum absolute atomic E-state index is 0.139. The molecule has 0 aliphatic rings. The maximum Gasteiger partial charge on any atom is 0.173 e. The van der Waals surface area contributed by atoms with Crippen LogP contribution in [-0.4, -0.2) is 16.8 Å². The zero-order valence-corrected chi connectivity index (χ0v) is 7.84. The van der Waals surface area contributed by atoms with Crippen molar-refractivity contribution in [3.8, 4) is 0 Å². The van der Waals surface area contributed by atoms with Gasteiger partial charge < -0.3 is 0 Å². The van der Waals surface area contributed by atoms with E-state index in [0.717, 1.165) is 0 Å². The first-order valence-corrected chi connectivity index (χ1v) is 4.39. The van der Waals surface area contributed by atoms with E-state index in [4.69, 9.17) is 0 Å². The van der Waals surface area contributed by atoms with Crippen molar-refractivity contribution in [1.29, 1.82) is 0 Å². The average molecular weight is 158 g/mol. The maximum atomic E-state index is 11.3. The molecule has 0 amide bonds. The summed E-state index contributed by atoms with van der Waals surface area (Å²) in [4.78, 5) is 11.3. The lowest BCUT2D eigenvalue weighted by atomic mass is 10.0. The molecular formula is C8H14OS.